The van der Waals surface area contributed by atoms with Gasteiger partial charge in [0.15, 0.2) is 24.2 Å². The number of fused-ring (bicyclic) bond motifs is 1. The normalized spacial score (nSPS) is 15.1. The van der Waals surface area contributed by atoms with Crippen LogP contribution in [0.1, 0.15) is 21.7 Å². The van der Waals surface area contributed by atoms with E-state index in [1.807, 2.05) is 42.7 Å². The fourth-order valence-electron chi connectivity index (χ4n) is 3.38. The number of ketones is 1. The van der Waals surface area contributed by atoms with Crippen LogP contribution in [0.3, 0.4) is 0 Å². The Morgan fingerprint density at radius 1 is 1.23 bits per heavy atom. The zero-order valence-electron chi connectivity index (χ0n) is 16.6. The molecule has 0 amide bonds. The third-order valence-electron chi connectivity index (χ3n) is 4.87. The van der Waals surface area contributed by atoms with Crippen LogP contribution in [0, 0.1) is 13.8 Å². The van der Waals surface area contributed by atoms with Gasteiger partial charge >= 0.3 is 5.97 Å². The quantitative estimate of drug-likeness (QED) is 0.423. The smallest absolute Gasteiger partial charge is 0.328 e. The molecule has 2 aromatic heterocycles. The van der Waals surface area contributed by atoms with E-state index in [9.17, 15) is 9.59 Å². The van der Waals surface area contributed by atoms with Crippen LogP contribution in [0.5, 0.6) is 11.5 Å². The van der Waals surface area contributed by atoms with E-state index < -0.39 is 5.97 Å². The maximum absolute atomic E-state index is 12.6. The number of esters is 1. The van der Waals surface area contributed by atoms with Gasteiger partial charge in [0.1, 0.15) is 19.5 Å². The molecular weight excluding hydrogens is 390 g/mol. The molecule has 156 valence electrons. The summed E-state index contributed by atoms with van der Waals surface area (Å²) in [5, 5.41) is 10.5. The molecule has 30 heavy (non-hydrogen) atoms. The molecule has 1 atom stereocenters. The molecule has 4 rings (SSSR count). The van der Waals surface area contributed by atoms with E-state index in [-0.39, 0.29) is 25.0 Å². The molecule has 1 aromatic carbocycles. The summed E-state index contributed by atoms with van der Waals surface area (Å²) in [6, 6.07) is 9.33. The summed E-state index contributed by atoms with van der Waals surface area (Å²) in [6.45, 7) is 4.25. The van der Waals surface area contributed by atoms with Gasteiger partial charge in [-0.25, -0.2) is 4.68 Å². The summed E-state index contributed by atoms with van der Waals surface area (Å²) < 4.78 is 20.1. The number of aryl methyl sites for hydroxylation is 1. The van der Waals surface area contributed by atoms with Crippen molar-refractivity contribution in [3.8, 4) is 11.5 Å². The fraction of sp³-hybridized carbons (Fsp3) is 0.350. The fourth-order valence-corrected chi connectivity index (χ4v) is 3.38. The highest BCUT2D eigenvalue weighted by Crippen LogP contribution is 2.31. The second-order valence-electron chi connectivity index (χ2n) is 6.98. The van der Waals surface area contributed by atoms with Gasteiger partial charge in [-0.05, 0) is 42.5 Å². The van der Waals surface area contributed by atoms with Crippen molar-refractivity contribution in [2.75, 3.05) is 13.2 Å². The van der Waals surface area contributed by atoms with E-state index >= 15 is 0 Å². The maximum Gasteiger partial charge on any atom is 0.328 e. The molecule has 10 nitrogen and oxygen atoms in total. The van der Waals surface area contributed by atoms with Gasteiger partial charge in [0.2, 0.25) is 5.78 Å². The summed E-state index contributed by atoms with van der Waals surface area (Å²) >= 11 is 0. The minimum atomic E-state index is -0.587. The van der Waals surface area contributed by atoms with Crippen molar-refractivity contribution in [2.45, 2.75) is 33.0 Å². The Bertz CT molecular complexity index is 1060. The number of ether oxygens (including phenoxy) is 3. The highest BCUT2D eigenvalue weighted by atomic mass is 16.6. The number of rotatable bonds is 7. The maximum atomic E-state index is 12.6. The van der Waals surface area contributed by atoms with Crippen LogP contribution in [0.2, 0.25) is 0 Å². The lowest BCUT2D eigenvalue weighted by Gasteiger charge is -2.27. The average Bonchev–Trinajstić information content (AvgIpc) is 3.35. The van der Waals surface area contributed by atoms with Gasteiger partial charge in [-0.1, -0.05) is 12.1 Å². The highest BCUT2D eigenvalue weighted by Gasteiger charge is 2.24. The Morgan fingerprint density at radius 2 is 2.03 bits per heavy atom. The van der Waals surface area contributed by atoms with E-state index in [1.54, 1.807) is 6.07 Å². The van der Waals surface area contributed by atoms with Crippen molar-refractivity contribution >= 4 is 11.8 Å². The molecule has 0 aliphatic carbocycles. The molecule has 3 heterocycles. The number of nitrogens with zero attached hydrogens (tertiary/aromatic N) is 5. The van der Waals surface area contributed by atoms with Gasteiger partial charge in [-0.15, -0.1) is 5.10 Å². The van der Waals surface area contributed by atoms with E-state index in [2.05, 4.69) is 15.5 Å². The Labute approximate surface area is 172 Å². The summed E-state index contributed by atoms with van der Waals surface area (Å²) in [5.41, 5.74) is 2.22. The second kappa shape index (κ2) is 8.36. The third-order valence-corrected chi connectivity index (χ3v) is 4.87. The molecule has 3 aromatic rings. The first-order chi connectivity index (χ1) is 14.5. The molecule has 0 N–H and O–H groups in total. The number of aromatic nitrogens is 5. The zero-order chi connectivity index (χ0) is 21.1. The van der Waals surface area contributed by atoms with Crippen molar-refractivity contribution in [1.82, 2.24) is 24.8 Å². The van der Waals surface area contributed by atoms with Crippen molar-refractivity contribution in [1.29, 1.82) is 0 Å². The van der Waals surface area contributed by atoms with Crippen LogP contribution in [0.15, 0.2) is 36.7 Å². The predicted molar refractivity (Wildman–Crippen MR) is 103 cm³/mol. The average molecular weight is 411 g/mol. The molecule has 10 heteroatoms. The lowest BCUT2D eigenvalue weighted by atomic mass is 10.1. The van der Waals surface area contributed by atoms with Gasteiger partial charge in [-0.2, -0.15) is 0 Å². The van der Waals surface area contributed by atoms with Crippen LogP contribution >= 0.6 is 0 Å². The Kier molecular flexibility index (Phi) is 5.46. The van der Waals surface area contributed by atoms with Crippen molar-refractivity contribution in [2.24, 2.45) is 0 Å². The largest absolute Gasteiger partial charge is 0.486 e. The molecule has 0 saturated heterocycles. The van der Waals surface area contributed by atoms with Crippen molar-refractivity contribution in [3.63, 3.8) is 0 Å². The van der Waals surface area contributed by atoms with Gasteiger partial charge in [0.25, 0.3) is 0 Å². The molecule has 0 bridgehead atoms. The Morgan fingerprint density at radius 3 is 2.80 bits per heavy atom. The van der Waals surface area contributed by atoms with Crippen molar-refractivity contribution in [3.05, 3.63) is 53.6 Å². The standard InChI is InChI=1S/C20H21N5O5/c1-13-7-16(17(26)11-29-20(27)9-24-12-21-22-23-24)14(2)25(13)8-15-10-28-18-5-3-4-6-19(18)30-15/h3-7,12,15H,8-11H2,1-2H3/t15-/m1/s1. The minimum Gasteiger partial charge on any atom is -0.486 e. The first kappa shape index (κ1) is 19.6. The van der Waals surface area contributed by atoms with Gasteiger partial charge in [0.05, 0.1) is 6.54 Å². The number of carbonyl (C=O) groups is 2. The summed E-state index contributed by atoms with van der Waals surface area (Å²) in [6.07, 6.45) is 1.12. The number of tetrazole rings is 1. The summed E-state index contributed by atoms with van der Waals surface area (Å²) in [5.74, 6) is 0.581. The second-order valence-corrected chi connectivity index (χ2v) is 6.98. The highest BCUT2D eigenvalue weighted by molar-refractivity contribution is 5.99. The number of hydrogen-bond acceptors (Lipinski definition) is 8. The van der Waals surface area contributed by atoms with Gasteiger partial charge in [-0.3, -0.25) is 9.59 Å². The monoisotopic (exact) mass is 411 g/mol. The van der Waals surface area contributed by atoms with Crippen LogP contribution in [-0.4, -0.2) is 55.8 Å². The lowest BCUT2D eigenvalue weighted by molar-refractivity contribution is -0.143. The number of para-hydroxylation sites is 2. The minimum absolute atomic E-state index is 0.153. The molecule has 0 spiro atoms. The molecule has 1 aliphatic rings. The van der Waals surface area contributed by atoms with E-state index in [0.717, 1.165) is 17.1 Å². The van der Waals surface area contributed by atoms with E-state index in [0.29, 0.717) is 24.5 Å². The van der Waals surface area contributed by atoms with Crippen LogP contribution in [-0.2, 0) is 22.6 Å². The number of Topliss-reactive ketones (excluding diaryl/α,β-unsaturated/α-hetero) is 1. The SMILES string of the molecule is Cc1cc(C(=O)COC(=O)Cn2cnnn2)c(C)n1C[C@@H]1COc2ccccc2O1. The molecule has 0 saturated carbocycles. The summed E-state index contributed by atoms with van der Waals surface area (Å²) in [4.78, 5) is 24.4. The number of carbonyl (C=O) groups excluding carboxylic acids is 2. The molecule has 0 radical (unpaired) electrons. The first-order valence-electron chi connectivity index (χ1n) is 9.46. The van der Waals surface area contributed by atoms with Gasteiger partial charge < -0.3 is 18.8 Å². The predicted octanol–water partition coefficient (Wildman–Crippen LogP) is 1.36. The van der Waals surface area contributed by atoms with E-state index in [4.69, 9.17) is 14.2 Å². The molecule has 0 unspecified atom stereocenters. The Balaban J connectivity index is 1.38. The molecule has 1 aliphatic heterocycles. The lowest BCUT2D eigenvalue weighted by Crippen LogP contribution is -2.33. The van der Waals surface area contributed by atoms with Crippen LogP contribution in [0.25, 0.3) is 0 Å². The summed E-state index contributed by atoms with van der Waals surface area (Å²) in [7, 11) is 0. The zero-order valence-corrected chi connectivity index (χ0v) is 16.6. The number of hydrogen-bond donors (Lipinski definition) is 0. The molecular formula is C20H21N5O5. The first-order valence-corrected chi connectivity index (χ1v) is 9.46. The third kappa shape index (κ3) is 4.17. The Hall–Kier alpha value is -3.69. The van der Waals surface area contributed by atoms with E-state index in [1.165, 1.54) is 11.0 Å². The van der Waals surface area contributed by atoms with Crippen LogP contribution < -0.4 is 9.47 Å². The van der Waals surface area contributed by atoms with Crippen LogP contribution in [0.4, 0.5) is 0 Å². The van der Waals surface area contributed by atoms with Gasteiger partial charge in [0, 0.05) is 17.0 Å². The topological polar surface area (TPSA) is 110 Å². The van der Waals surface area contributed by atoms with Crippen molar-refractivity contribution < 1.29 is 23.8 Å². The molecule has 0 fully saturated rings. The number of benzene rings is 1.